The molecule has 5 nitrogen and oxygen atoms in total. The number of hydrogen-bond acceptors (Lipinski definition) is 5. The third kappa shape index (κ3) is 11.5. The van der Waals surface area contributed by atoms with Crippen LogP contribution in [0.5, 0.6) is 0 Å². The van der Waals surface area contributed by atoms with Gasteiger partial charge in [-0.05, 0) is 31.0 Å². The first-order valence-electron chi connectivity index (χ1n) is 7.93. The van der Waals surface area contributed by atoms with Gasteiger partial charge >= 0.3 is 67.2 Å². The first kappa shape index (κ1) is 25.2. The quantitative estimate of drug-likeness (QED) is 0.317. The molecule has 0 spiro atoms. The molecule has 0 saturated heterocycles. The van der Waals surface area contributed by atoms with E-state index in [1.807, 2.05) is 6.92 Å². The van der Waals surface area contributed by atoms with E-state index in [4.69, 9.17) is 4.74 Å². The molecule has 0 saturated carbocycles. The second-order valence-electron chi connectivity index (χ2n) is 5.32. The summed E-state index contributed by atoms with van der Waals surface area (Å²) in [5.74, 6) is -0.462. The zero-order valence-corrected chi connectivity index (χ0v) is 17.1. The van der Waals surface area contributed by atoms with E-state index in [0.29, 0.717) is 17.9 Å². The Hall–Kier alpha value is -1.85. The van der Waals surface area contributed by atoms with Crippen LogP contribution in [0, 0.1) is 6.92 Å². The zero-order valence-electron chi connectivity index (χ0n) is 15.6. The average Bonchev–Trinajstić information content (AvgIpc) is 2.53. The summed E-state index contributed by atoms with van der Waals surface area (Å²) in [4.78, 5) is 20.0. The minimum atomic E-state index is -4.31. The van der Waals surface area contributed by atoms with E-state index in [1.54, 1.807) is 0 Å². The Kier molecular flexibility index (Phi) is 11.7. The third-order valence-electron chi connectivity index (χ3n) is 2.86. The van der Waals surface area contributed by atoms with Crippen LogP contribution in [0.3, 0.4) is 0 Å². The van der Waals surface area contributed by atoms with Crippen LogP contribution in [-0.4, -0.2) is 18.5 Å². The number of carbonyl (C=O) groups excluding carboxylic acids is 2. The van der Waals surface area contributed by atoms with Gasteiger partial charge < -0.3 is 4.74 Å². The second-order valence-corrected chi connectivity index (χ2v) is 6.21. The number of aryl methyl sites for hydroxylation is 1. The van der Waals surface area contributed by atoms with Gasteiger partial charge in [-0.15, -0.1) is 0 Å². The number of unbranched alkanes of at least 4 members (excludes halogenated alkanes) is 1. The summed E-state index contributed by atoms with van der Waals surface area (Å²) in [5.41, 5.74) is 0.157. The molecule has 0 radical (unpaired) electrons. The van der Waals surface area contributed by atoms with Crippen molar-refractivity contribution < 1.29 is 53.1 Å². The van der Waals surface area contributed by atoms with E-state index in [-0.39, 0.29) is 5.56 Å². The Morgan fingerprint density at radius 2 is 1.70 bits per heavy atom. The van der Waals surface area contributed by atoms with Crippen molar-refractivity contribution in [2.45, 2.75) is 46.7 Å². The topological polar surface area (TPSA) is 61.8 Å². The van der Waals surface area contributed by atoms with Crippen LogP contribution in [-0.2, 0) is 46.1 Å². The van der Waals surface area contributed by atoms with E-state index in [9.17, 15) is 22.8 Å². The van der Waals surface area contributed by atoms with E-state index >= 15 is 0 Å². The number of alkyl halides is 3. The summed E-state index contributed by atoms with van der Waals surface area (Å²) < 4.78 is 51.7. The SMILES string of the molecule is C=C(OCCCC)c1ccc(C(F)(F)F)c(C)c1.CC(=O)[O][Pd][O]C(C)=O. The van der Waals surface area contributed by atoms with Gasteiger partial charge in [-0.1, -0.05) is 26.0 Å². The molecule has 0 aliphatic heterocycles. The fraction of sp³-hybridized carbons (Fsp3) is 0.444. The van der Waals surface area contributed by atoms with Crippen LogP contribution >= 0.6 is 0 Å². The molecule has 27 heavy (non-hydrogen) atoms. The third-order valence-corrected chi connectivity index (χ3v) is 4.02. The Labute approximate surface area is 165 Å². The molecule has 0 aromatic heterocycles. The van der Waals surface area contributed by atoms with Gasteiger partial charge in [0.2, 0.25) is 0 Å². The molecule has 1 aromatic carbocycles. The summed E-state index contributed by atoms with van der Waals surface area (Å²) in [6, 6.07) is 3.92. The molecule has 0 heterocycles. The van der Waals surface area contributed by atoms with Crippen molar-refractivity contribution in [2.75, 3.05) is 6.61 Å². The summed E-state index contributed by atoms with van der Waals surface area (Å²) in [7, 11) is 0. The van der Waals surface area contributed by atoms with Crippen LogP contribution in [0.25, 0.3) is 5.76 Å². The van der Waals surface area contributed by atoms with Crippen LogP contribution < -0.4 is 0 Å². The predicted molar refractivity (Wildman–Crippen MR) is 89.6 cm³/mol. The van der Waals surface area contributed by atoms with Crippen molar-refractivity contribution in [3.8, 4) is 0 Å². The molecule has 0 unspecified atom stereocenters. The number of carbonyl (C=O) groups is 2. The summed E-state index contributed by atoms with van der Waals surface area (Å²) in [6.07, 6.45) is -2.41. The van der Waals surface area contributed by atoms with Crippen molar-refractivity contribution in [1.82, 2.24) is 0 Å². The Morgan fingerprint density at radius 1 is 1.15 bits per heavy atom. The van der Waals surface area contributed by atoms with Crippen molar-refractivity contribution in [3.63, 3.8) is 0 Å². The molecule has 0 atom stereocenters. The molecular formula is C18H23F3O5Pd. The van der Waals surface area contributed by atoms with Crippen LogP contribution in [0.2, 0.25) is 0 Å². The minimum absolute atomic E-state index is 0.181. The Balaban J connectivity index is 0.000000636. The van der Waals surface area contributed by atoms with E-state index in [2.05, 4.69) is 13.5 Å². The molecule has 0 bridgehead atoms. The summed E-state index contributed by atoms with van der Waals surface area (Å²) >= 11 is -0.681. The summed E-state index contributed by atoms with van der Waals surface area (Å²) in [5, 5.41) is 0. The molecule has 0 N–H and O–H groups in total. The Morgan fingerprint density at radius 3 is 2.11 bits per heavy atom. The molecule has 0 amide bonds. The molecule has 0 fully saturated rings. The maximum atomic E-state index is 12.6. The van der Waals surface area contributed by atoms with Crippen molar-refractivity contribution in [3.05, 3.63) is 41.5 Å². The number of benzene rings is 1. The molecular weight excluding hydrogens is 460 g/mol. The van der Waals surface area contributed by atoms with Gasteiger partial charge in [-0.25, -0.2) is 0 Å². The number of rotatable bonds is 7. The molecule has 1 rings (SSSR count). The normalized spacial score (nSPS) is 10.5. The van der Waals surface area contributed by atoms with Gasteiger partial charge in [-0.2, -0.15) is 13.2 Å². The number of hydrogen-bond donors (Lipinski definition) is 0. The molecule has 0 aliphatic carbocycles. The molecule has 0 aliphatic rings. The van der Waals surface area contributed by atoms with Gasteiger partial charge in [0.25, 0.3) is 0 Å². The predicted octanol–water partition coefficient (Wildman–Crippen LogP) is 4.83. The van der Waals surface area contributed by atoms with Gasteiger partial charge in [-0.3, -0.25) is 0 Å². The van der Waals surface area contributed by atoms with Gasteiger partial charge in [0.05, 0.1) is 12.2 Å². The molecule has 156 valence electrons. The van der Waals surface area contributed by atoms with Crippen LogP contribution in [0.15, 0.2) is 24.8 Å². The van der Waals surface area contributed by atoms with E-state index in [1.165, 1.54) is 32.9 Å². The first-order valence-corrected chi connectivity index (χ1v) is 9.20. The zero-order chi connectivity index (χ0) is 21.0. The van der Waals surface area contributed by atoms with Crippen LogP contribution in [0.4, 0.5) is 13.2 Å². The molecule has 9 heteroatoms. The fourth-order valence-corrected chi connectivity index (χ4v) is 2.10. The van der Waals surface area contributed by atoms with E-state index < -0.39 is 42.4 Å². The second kappa shape index (κ2) is 12.5. The Bertz CT molecular complexity index is 630. The van der Waals surface area contributed by atoms with Crippen molar-refractivity contribution >= 4 is 17.7 Å². The maximum absolute atomic E-state index is 12.6. The molecule has 1 aromatic rings. The van der Waals surface area contributed by atoms with Gasteiger partial charge in [0.15, 0.2) is 0 Å². The van der Waals surface area contributed by atoms with Crippen LogP contribution in [0.1, 0.15) is 50.3 Å². The van der Waals surface area contributed by atoms with Crippen molar-refractivity contribution in [1.29, 1.82) is 0 Å². The standard InChI is InChI=1S/C14H17F3O.2C2H4O2.Pd/c1-4-5-8-18-11(3)12-6-7-13(10(2)9-12)14(15,16)17;2*1-2(3)4;/h6-7,9H,3-5,8H2,1-2H3;2*1H3,(H,3,4);/q;;;+2/p-2. The van der Waals surface area contributed by atoms with Gasteiger partial charge in [0.1, 0.15) is 5.76 Å². The summed E-state index contributed by atoms with van der Waals surface area (Å²) in [6.45, 7) is 10.2. The monoisotopic (exact) mass is 482 g/mol. The first-order chi connectivity index (χ1) is 12.5. The number of ether oxygens (including phenoxy) is 1. The van der Waals surface area contributed by atoms with E-state index in [0.717, 1.165) is 18.9 Å². The number of halogens is 3. The van der Waals surface area contributed by atoms with Gasteiger partial charge in [0, 0.05) is 5.56 Å². The van der Waals surface area contributed by atoms with Crippen molar-refractivity contribution in [2.24, 2.45) is 0 Å². The fourth-order valence-electron chi connectivity index (χ4n) is 1.67. The average molecular weight is 483 g/mol.